The van der Waals surface area contributed by atoms with Crippen LogP contribution in [0.4, 0.5) is 0 Å². The second-order valence-electron chi connectivity index (χ2n) is 2.91. The van der Waals surface area contributed by atoms with Crippen molar-refractivity contribution in [3.8, 4) is 0 Å². The first-order valence-corrected chi connectivity index (χ1v) is 4.95. The van der Waals surface area contributed by atoms with Gasteiger partial charge in [-0.05, 0) is 19.4 Å². The Labute approximate surface area is 85.6 Å². The highest BCUT2D eigenvalue weighted by atomic mass is 32.1. The van der Waals surface area contributed by atoms with Gasteiger partial charge in [-0.2, -0.15) is 0 Å². The molecule has 0 unspecified atom stereocenters. The number of carbonyl (C=O) groups excluding carboxylic acids is 1. The molecule has 1 aromatic rings. The predicted molar refractivity (Wildman–Crippen MR) is 53.8 cm³/mol. The standard InChI is InChI=1S/C9H11NO3S/c1-5-6(2)14-4-7(5)9(13)10-3-8(11)12/h4H,3H2,1-2H3,(H,10,13)(H,11,12). The summed E-state index contributed by atoms with van der Waals surface area (Å²) in [5, 5.41) is 12.4. The summed E-state index contributed by atoms with van der Waals surface area (Å²) in [6, 6.07) is 0. The van der Waals surface area contributed by atoms with Gasteiger partial charge in [0, 0.05) is 10.3 Å². The number of aliphatic carboxylic acids is 1. The molecule has 0 saturated heterocycles. The van der Waals surface area contributed by atoms with Crippen LogP contribution in [0, 0.1) is 13.8 Å². The Hall–Kier alpha value is -1.36. The number of hydrogen-bond donors (Lipinski definition) is 2. The number of carboxylic acids is 1. The number of carboxylic acid groups (broad SMARTS) is 1. The second-order valence-corrected chi connectivity index (χ2v) is 3.99. The zero-order valence-corrected chi connectivity index (χ0v) is 8.77. The van der Waals surface area contributed by atoms with Crippen molar-refractivity contribution in [2.24, 2.45) is 0 Å². The first-order chi connectivity index (χ1) is 6.52. The number of hydrogen-bond acceptors (Lipinski definition) is 3. The molecule has 1 aromatic heterocycles. The Kier molecular flexibility index (Phi) is 3.24. The Morgan fingerprint density at radius 2 is 2.14 bits per heavy atom. The van der Waals surface area contributed by atoms with Crippen LogP contribution in [0.2, 0.25) is 0 Å². The van der Waals surface area contributed by atoms with E-state index in [0.717, 1.165) is 10.4 Å². The molecular weight excluding hydrogens is 202 g/mol. The summed E-state index contributed by atoms with van der Waals surface area (Å²) in [6.07, 6.45) is 0. The molecule has 14 heavy (non-hydrogen) atoms. The third-order valence-electron chi connectivity index (χ3n) is 1.93. The Morgan fingerprint density at radius 1 is 1.50 bits per heavy atom. The minimum absolute atomic E-state index is 0.325. The van der Waals surface area contributed by atoms with Crippen molar-refractivity contribution in [3.63, 3.8) is 0 Å². The predicted octanol–water partition coefficient (Wildman–Crippen LogP) is 1.18. The van der Waals surface area contributed by atoms with Gasteiger partial charge in [-0.1, -0.05) is 0 Å². The maximum Gasteiger partial charge on any atom is 0.322 e. The highest BCUT2D eigenvalue weighted by molar-refractivity contribution is 7.10. The van der Waals surface area contributed by atoms with E-state index in [0.29, 0.717) is 5.56 Å². The van der Waals surface area contributed by atoms with Crippen molar-refractivity contribution in [1.29, 1.82) is 0 Å². The van der Waals surface area contributed by atoms with Gasteiger partial charge >= 0.3 is 5.97 Å². The molecule has 0 spiro atoms. The first-order valence-electron chi connectivity index (χ1n) is 4.07. The fraction of sp³-hybridized carbons (Fsp3) is 0.333. The van der Waals surface area contributed by atoms with Crippen LogP contribution in [0.15, 0.2) is 5.38 Å². The molecule has 0 aliphatic rings. The van der Waals surface area contributed by atoms with Crippen LogP contribution in [-0.4, -0.2) is 23.5 Å². The lowest BCUT2D eigenvalue weighted by Crippen LogP contribution is -2.29. The van der Waals surface area contributed by atoms with E-state index in [1.165, 1.54) is 11.3 Å². The lowest BCUT2D eigenvalue weighted by molar-refractivity contribution is -0.135. The van der Waals surface area contributed by atoms with Crippen LogP contribution in [0.5, 0.6) is 0 Å². The van der Waals surface area contributed by atoms with Crippen molar-refractivity contribution in [2.75, 3.05) is 6.54 Å². The van der Waals surface area contributed by atoms with Gasteiger partial charge in [-0.3, -0.25) is 9.59 Å². The average molecular weight is 213 g/mol. The van der Waals surface area contributed by atoms with Crippen molar-refractivity contribution >= 4 is 23.2 Å². The van der Waals surface area contributed by atoms with Crippen LogP contribution < -0.4 is 5.32 Å². The topological polar surface area (TPSA) is 66.4 Å². The van der Waals surface area contributed by atoms with Gasteiger partial charge in [-0.25, -0.2) is 0 Å². The normalized spacial score (nSPS) is 9.86. The van der Waals surface area contributed by atoms with Crippen LogP contribution in [0.1, 0.15) is 20.8 Å². The molecule has 5 heteroatoms. The van der Waals surface area contributed by atoms with Crippen molar-refractivity contribution in [3.05, 3.63) is 21.4 Å². The SMILES string of the molecule is Cc1scc(C(=O)NCC(=O)O)c1C. The lowest BCUT2D eigenvalue weighted by atomic mass is 10.2. The Bertz CT molecular complexity index is 370. The number of nitrogens with one attached hydrogen (secondary N) is 1. The second kappa shape index (κ2) is 4.23. The molecule has 0 fully saturated rings. The van der Waals surface area contributed by atoms with Crippen LogP contribution in [0.25, 0.3) is 0 Å². The zero-order chi connectivity index (χ0) is 10.7. The molecular formula is C9H11NO3S. The van der Waals surface area contributed by atoms with Crippen LogP contribution >= 0.6 is 11.3 Å². The molecule has 0 aromatic carbocycles. The van der Waals surface area contributed by atoms with E-state index in [-0.39, 0.29) is 12.5 Å². The van der Waals surface area contributed by atoms with Crippen LogP contribution in [-0.2, 0) is 4.79 Å². The van der Waals surface area contributed by atoms with E-state index in [9.17, 15) is 9.59 Å². The average Bonchev–Trinajstić information content (AvgIpc) is 2.44. The summed E-state index contributed by atoms with van der Waals surface area (Å²) < 4.78 is 0. The molecule has 1 amide bonds. The third kappa shape index (κ3) is 2.32. The molecule has 0 atom stereocenters. The highest BCUT2D eigenvalue weighted by Gasteiger charge is 2.12. The summed E-state index contributed by atoms with van der Waals surface area (Å²) in [5.74, 6) is -1.36. The molecule has 0 bridgehead atoms. The molecule has 0 aliphatic carbocycles. The molecule has 0 saturated carbocycles. The van der Waals surface area contributed by atoms with Gasteiger partial charge < -0.3 is 10.4 Å². The number of carbonyl (C=O) groups is 2. The molecule has 0 radical (unpaired) electrons. The molecule has 0 aliphatic heterocycles. The van der Waals surface area contributed by atoms with E-state index in [2.05, 4.69) is 5.32 Å². The zero-order valence-electron chi connectivity index (χ0n) is 7.96. The molecule has 1 rings (SSSR count). The van der Waals surface area contributed by atoms with Gasteiger partial charge in [0.2, 0.25) is 0 Å². The van der Waals surface area contributed by atoms with E-state index in [1.807, 2.05) is 13.8 Å². The fourth-order valence-corrected chi connectivity index (χ4v) is 1.85. The molecule has 1 heterocycles. The number of amides is 1. The Morgan fingerprint density at radius 3 is 2.57 bits per heavy atom. The van der Waals surface area contributed by atoms with Crippen molar-refractivity contribution < 1.29 is 14.7 Å². The molecule has 76 valence electrons. The maximum atomic E-state index is 11.4. The summed E-state index contributed by atoms with van der Waals surface area (Å²) in [5.41, 5.74) is 1.48. The largest absolute Gasteiger partial charge is 0.480 e. The summed E-state index contributed by atoms with van der Waals surface area (Å²) >= 11 is 1.49. The summed E-state index contributed by atoms with van der Waals surface area (Å²) in [6.45, 7) is 3.43. The van der Waals surface area contributed by atoms with Gasteiger partial charge in [0.15, 0.2) is 0 Å². The molecule has 2 N–H and O–H groups in total. The third-order valence-corrected chi connectivity index (χ3v) is 2.94. The maximum absolute atomic E-state index is 11.4. The van der Waals surface area contributed by atoms with Gasteiger partial charge in [0.05, 0.1) is 5.56 Å². The highest BCUT2D eigenvalue weighted by Crippen LogP contribution is 2.20. The van der Waals surface area contributed by atoms with Crippen molar-refractivity contribution in [1.82, 2.24) is 5.32 Å². The summed E-state index contributed by atoms with van der Waals surface area (Å²) in [7, 11) is 0. The van der Waals surface area contributed by atoms with Gasteiger partial charge in [-0.15, -0.1) is 11.3 Å². The summed E-state index contributed by atoms with van der Waals surface area (Å²) in [4.78, 5) is 22.7. The number of aryl methyl sites for hydroxylation is 1. The van der Waals surface area contributed by atoms with E-state index >= 15 is 0 Å². The van der Waals surface area contributed by atoms with Gasteiger partial charge in [0.25, 0.3) is 5.91 Å². The van der Waals surface area contributed by atoms with E-state index < -0.39 is 5.97 Å². The van der Waals surface area contributed by atoms with Gasteiger partial charge in [0.1, 0.15) is 6.54 Å². The van der Waals surface area contributed by atoms with E-state index in [1.54, 1.807) is 5.38 Å². The number of thiophene rings is 1. The quantitative estimate of drug-likeness (QED) is 0.792. The monoisotopic (exact) mass is 213 g/mol. The Balaban J connectivity index is 2.70. The molecule has 4 nitrogen and oxygen atoms in total. The number of rotatable bonds is 3. The van der Waals surface area contributed by atoms with Crippen molar-refractivity contribution in [2.45, 2.75) is 13.8 Å². The first kappa shape index (κ1) is 10.7. The fourth-order valence-electron chi connectivity index (χ4n) is 0.989. The smallest absolute Gasteiger partial charge is 0.322 e. The van der Waals surface area contributed by atoms with Crippen LogP contribution in [0.3, 0.4) is 0 Å². The lowest BCUT2D eigenvalue weighted by Gasteiger charge is -2.01. The minimum Gasteiger partial charge on any atom is -0.480 e. The minimum atomic E-state index is -1.04. The van der Waals surface area contributed by atoms with E-state index in [4.69, 9.17) is 5.11 Å².